The standard InChI is InChI=1S/C24H37N3OS.ClH/c1-2-8-27-21(16-29-23(27)25-20-6-4-3-5-7-20)12-22(28)26-24-13-17-9-18(14-24)11-19(10-17)15-24;/h16-20H,2-15H2,1H3,(H,26,28);1H. The van der Waals surface area contributed by atoms with Gasteiger partial charge in [-0.1, -0.05) is 26.2 Å². The minimum absolute atomic E-state index is 0. The molecule has 6 heteroatoms. The van der Waals surface area contributed by atoms with Crippen LogP contribution in [0.5, 0.6) is 0 Å². The maximum Gasteiger partial charge on any atom is 0.226 e. The quantitative estimate of drug-likeness (QED) is 0.631. The molecule has 5 aliphatic rings. The first-order valence-electron chi connectivity index (χ1n) is 12.1. The maximum absolute atomic E-state index is 13.1. The Hall–Kier alpha value is -0.810. The van der Waals surface area contributed by atoms with Crippen molar-refractivity contribution in [3.8, 4) is 0 Å². The van der Waals surface area contributed by atoms with E-state index >= 15 is 0 Å². The van der Waals surface area contributed by atoms with Crippen LogP contribution in [0.2, 0.25) is 0 Å². The summed E-state index contributed by atoms with van der Waals surface area (Å²) in [5.41, 5.74) is 1.28. The Morgan fingerprint density at radius 2 is 1.77 bits per heavy atom. The molecule has 0 unspecified atom stereocenters. The zero-order chi connectivity index (χ0) is 19.8. The van der Waals surface area contributed by atoms with Crippen molar-refractivity contribution >= 4 is 29.7 Å². The molecule has 0 saturated heterocycles. The van der Waals surface area contributed by atoms with E-state index in [1.165, 1.54) is 70.6 Å². The molecular weight excluding hydrogens is 414 g/mol. The lowest BCUT2D eigenvalue weighted by Crippen LogP contribution is -2.60. The Morgan fingerprint density at radius 1 is 1.13 bits per heavy atom. The molecule has 1 heterocycles. The second-order valence-corrected chi connectivity index (χ2v) is 11.3. The van der Waals surface area contributed by atoms with Crippen molar-refractivity contribution in [2.24, 2.45) is 22.7 Å². The van der Waals surface area contributed by atoms with E-state index < -0.39 is 0 Å². The maximum atomic E-state index is 13.1. The molecule has 5 saturated carbocycles. The largest absolute Gasteiger partial charge is 0.350 e. The topological polar surface area (TPSA) is 46.4 Å². The van der Waals surface area contributed by atoms with Gasteiger partial charge >= 0.3 is 0 Å². The number of hydrogen-bond donors (Lipinski definition) is 1. The van der Waals surface area contributed by atoms with Crippen molar-refractivity contribution in [2.45, 2.75) is 109 Å². The number of carbonyl (C=O) groups is 1. The summed E-state index contributed by atoms with van der Waals surface area (Å²) < 4.78 is 2.33. The summed E-state index contributed by atoms with van der Waals surface area (Å²) in [7, 11) is 0. The third kappa shape index (κ3) is 4.67. The van der Waals surface area contributed by atoms with E-state index in [0.717, 1.165) is 41.2 Å². The van der Waals surface area contributed by atoms with Crippen molar-refractivity contribution in [3.63, 3.8) is 0 Å². The van der Waals surface area contributed by atoms with Gasteiger partial charge in [0, 0.05) is 23.2 Å². The van der Waals surface area contributed by atoms with Crippen LogP contribution in [0.25, 0.3) is 0 Å². The van der Waals surface area contributed by atoms with Gasteiger partial charge in [0.05, 0.1) is 12.5 Å². The summed E-state index contributed by atoms with van der Waals surface area (Å²) in [6.07, 6.45) is 16.0. The number of halogens is 1. The number of thiazole rings is 1. The predicted molar refractivity (Wildman–Crippen MR) is 125 cm³/mol. The first-order chi connectivity index (χ1) is 14.1. The average Bonchev–Trinajstić information content (AvgIpc) is 3.02. The van der Waals surface area contributed by atoms with E-state index in [4.69, 9.17) is 4.99 Å². The number of nitrogens with one attached hydrogen (secondary N) is 1. The van der Waals surface area contributed by atoms with Crippen molar-refractivity contribution in [3.05, 3.63) is 15.9 Å². The first kappa shape index (κ1) is 22.4. The molecule has 6 rings (SSSR count). The molecule has 168 valence electrons. The average molecular weight is 452 g/mol. The van der Waals surface area contributed by atoms with Gasteiger partial charge in [-0.3, -0.25) is 9.79 Å². The number of rotatable bonds is 6. The molecule has 0 aromatic carbocycles. The Balaban J connectivity index is 0.00000218. The van der Waals surface area contributed by atoms with E-state index in [9.17, 15) is 4.79 Å². The number of amides is 1. The molecule has 1 amide bonds. The van der Waals surface area contributed by atoms with Crippen LogP contribution in [0.3, 0.4) is 0 Å². The molecule has 5 aliphatic carbocycles. The minimum Gasteiger partial charge on any atom is -0.350 e. The molecule has 30 heavy (non-hydrogen) atoms. The second-order valence-electron chi connectivity index (χ2n) is 10.5. The van der Waals surface area contributed by atoms with Crippen LogP contribution in [-0.4, -0.2) is 22.1 Å². The Kier molecular flexibility index (Phi) is 6.98. The number of nitrogens with zero attached hydrogens (tertiary/aromatic N) is 2. The Morgan fingerprint density at radius 3 is 2.37 bits per heavy atom. The van der Waals surface area contributed by atoms with Crippen molar-refractivity contribution < 1.29 is 4.79 Å². The summed E-state index contributed by atoms with van der Waals surface area (Å²) in [6.45, 7) is 3.18. The van der Waals surface area contributed by atoms with Gasteiger partial charge in [0.1, 0.15) is 0 Å². The lowest BCUT2D eigenvalue weighted by atomic mass is 9.53. The van der Waals surface area contributed by atoms with Gasteiger partial charge < -0.3 is 9.88 Å². The number of aromatic nitrogens is 1. The van der Waals surface area contributed by atoms with Crippen LogP contribution in [0, 0.1) is 17.8 Å². The van der Waals surface area contributed by atoms with E-state index in [0.29, 0.717) is 12.5 Å². The SMILES string of the molecule is CCCn1c(CC(=O)NC23CC4CC(CC(C4)C2)C3)csc1=NC1CCCCC1.Cl. The first-order valence-corrected chi connectivity index (χ1v) is 13.0. The van der Waals surface area contributed by atoms with Crippen molar-refractivity contribution in [1.82, 2.24) is 9.88 Å². The molecule has 0 spiro atoms. The van der Waals surface area contributed by atoms with Crippen molar-refractivity contribution in [1.29, 1.82) is 0 Å². The number of carbonyl (C=O) groups excluding carboxylic acids is 1. The van der Waals surface area contributed by atoms with Crippen LogP contribution in [0.15, 0.2) is 10.4 Å². The highest BCUT2D eigenvalue weighted by Gasteiger charge is 2.51. The van der Waals surface area contributed by atoms with Crippen LogP contribution in [0.1, 0.15) is 89.7 Å². The Bertz CT molecular complexity index is 772. The summed E-state index contributed by atoms with van der Waals surface area (Å²) in [5.74, 6) is 2.84. The van der Waals surface area contributed by atoms with E-state index in [1.54, 1.807) is 11.3 Å². The molecule has 0 radical (unpaired) electrons. The van der Waals surface area contributed by atoms with Crippen LogP contribution < -0.4 is 10.1 Å². The van der Waals surface area contributed by atoms with Crippen LogP contribution >= 0.6 is 23.7 Å². The second kappa shape index (κ2) is 9.36. The molecule has 1 N–H and O–H groups in total. The molecular formula is C24H38ClN3OS. The van der Waals surface area contributed by atoms with Crippen LogP contribution in [0.4, 0.5) is 0 Å². The van der Waals surface area contributed by atoms with Gasteiger partial charge in [-0.05, 0) is 75.5 Å². The van der Waals surface area contributed by atoms with Gasteiger partial charge in [-0.25, -0.2) is 0 Å². The molecule has 4 nitrogen and oxygen atoms in total. The summed E-state index contributed by atoms with van der Waals surface area (Å²) in [4.78, 5) is 19.3. The molecule has 4 bridgehead atoms. The van der Waals surface area contributed by atoms with Gasteiger partial charge in [-0.15, -0.1) is 23.7 Å². The van der Waals surface area contributed by atoms with Crippen molar-refractivity contribution in [2.75, 3.05) is 0 Å². The van der Waals surface area contributed by atoms with Gasteiger partial charge in [0.15, 0.2) is 4.80 Å². The third-order valence-corrected chi connectivity index (χ3v) is 8.90. The lowest BCUT2D eigenvalue weighted by molar-refractivity contribution is -0.126. The fraction of sp³-hybridized carbons (Fsp3) is 0.833. The monoisotopic (exact) mass is 451 g/mol. The van der Waals surface area contributed by atoms with E-state index in [1.807, 2.05) is 0 Å². The predicted octanol–water partition coefficient (Wildman–Crippen LogP) is 5.24. The molecule has 5 fully saturated rings. The minimum atomic E-state index is 0. The summed E-state index contributed by atoms with van der Waals surface area (Å²) in [5, 5.41) is 5.75. The molecule has 0 aliphatic heterocycles. The molecule has 1 aromatic rings. The number of hydrogen-bond acceptors (Lipinski definition) is 3. The fourth-order valence-corrected chi connectivity index (χ4v) is 8.20. The van der Waals surface area contributed by atoms with Gasteiger partial charge in [0.25, 0.3) is 0 Å². The molecule has 1 aromatic heterocycles. The normalized spacial score (nSPS) is 33.5. The highest BCUT2D eigenvalue weighted by molar-refractivity contribution is 7.07. The lowest BCUT2D eigenvalue weighted by Gasteiger charge is -2.56. The fourth-order valence-electron chi connectivity index (χ4n) is 7.21. The summed E-state index contributed by atoms with van der Waals surface area (Å²) in [6, 6.07) is 0.485. The van der Waals surface area contributed by atoms with Crippen LogP contribution in [-0.2, 0) is 17.8 Å². The van der Waals surface area contributed by atoms with E-state index in [-0.39, 0.29) is 23.9 Å². The highest BCUT2D eigenvalue weighted by atomic mass is 35.5. The zero-order valence-electron chi connectivity index (χ0n) is 18.4. The summed E-state index contributed by atoms with van der Waals surface area (Å²) >= 11 is 1.74. The third-order valence-electron chi connectivity index (χ3n) is 7.98. The van der Waals surface area contributed by atoms with Gasteiger partial charge in [-0.2, -0.15) is 0 Å². The highest BCUT2D eigenvalue weighted by Crippen LogP contribution is 2.55. The smallest absolute Gasteiger partial charge is 0.226 e. The van der Waals surface area contributed by atoms with Gasteiger partial charge in [0.2, 0.25) is 5.91 Å². The molecule has 0 atom stereocenters. The van der Waals surface area contributed by atoms with E-state index in [2.05, 4.69) is 22.2 Å². The zero-order valence-corrected chi connectivity index (χ0v) is 20.0. The Labute approximate surface area is 191 Å².